The van der Waals surface area contributed by atoms with Crippen LogP contribution in [0, 0.1) is 0 Å². The highest BCUT2D eigenvalue weighted by Crippen LogP contribution is 2.36. The highest BCUT2D eigenvalue weighted by Gasteiger charge is 2.34. The van der Waals surface area contributed by atoms with Gasteiger partial charge in [0.05, 0.1) is 22.2 Å². The molecule has 2 nitrogen and oxygen atoms in total. The van der Waals surface area contributed by atoms with Gasteiger partial charge in [-0.05, 0) is 24.1 Å². The maximum atomic E-state index is 13.0. The van der Waals surface area contributed by atoms with Crippen molar-refractivity contribution in [3.8, 4) is 0 Å². The molecule has 1 atom stereocenters. The van der Waals surface area contributed by atoms with Gasteiger partial charge < -0.3 is 5.32 Å². The minimum Gasteiger partial charge on any atom is -0.345 e. The molecule has 6 heteroatoms. The second kappa shape index (κ2) is 9.79. The number of benzene rings is 2. The number of halogens is 4. The van der Waals surface area contributed by atoms with Crippen molar-refractivity contribution in [2.75, 3.05) is 0 Å². The number of rotatable bonds is 8. The topological polar surface area (TPSA) is 29.1 Å². The molecule has 1 amide bonds. The van der Waals surface area contributed by atoms with Gasteiger partial charge in [-0.3, -0.25) is 4.79 Å². The van der Waals surface area contributed by atoms with Gasteiger partial charge in [-0.1, -0.05) is 80.6 Å². The van der Waals surface area contributed by atoms with E-state index in [-0.39, 0.29) is 11.6 Å². The van der Waals surface area contributed by atoms with Crippen LogP contribution in [-0.2, 0) is 6.18 Å². The van der Waals surface area contributed by atoms with Crippen LogP contribution in [0.25, 0.3) is 0 Å². The van der Waals surface area contributed by atoms with Crippen molar-refractivity contribution in [2.24, 2.45) is 0 Å². The molecule has 0 radical (unpaired) electrons. The maximum Gasteiger partial charge on any atom is 0.417 e. The highest BCUT2D eigenvalue weighted by molar-refractivity contribution is 6.34. The molecule has 0 aromatic heterocycles. The molecule has 2 aromatic rings. The van der Waals surface area contributed by atoms with Crippen LogP contribution < -0.4 is 5.32 Å². The number of amides is 1. The zero-order chi connectivity index (χ0) is 19.9. The average molecular weight is 398 g/mol. The van der Waals surface area contributed by atoms with Gasteiger partial charge >= 0.3 is 6.18 Å². The summed E-state index contributed by atoms with van der Waals surface area (Å²) in [5.74, 6) is -0.601. The Morgan fingerprint density at radius 3 is 2.37 bits per heavy atom. The molecule has 0 heterocycles. The lowest BCUT2D eigenvalue weighted by Crippen LogP contribution is -2.29. The van der Waals surface area contributed by atoms with Crippen molar-refractivity contribution in [3.63, 3.8) is 0 Å². The Morgan fingerprint density at radius 2 is 1.74 bits per heavy atom. The van der Waals surface area contributed by atoms with Crippen LogP contribution in [0.15, 0.2) is 48.5 Å². The fraction of sp³-hybridized carbons (Fsp3) is 0.381. The van der Waals surface area contributed by atoms with Crippen LogP contribution in [0.1, 0.15) is 66.6 Å². The van der Waals surface area contributed by atoms with Crippen LogP contribution >= 0.6 is 11.6 Å². The van der Waals surface area contributed by atoms with Gasteiger partial charge in [0.25, 0.3) is 5.91 Å². The predicted molar refractivity (Wildman–Crippen MR) is 102 cm³/mol. The summed E-state index contributed by atoms with van der Waals surface area (Å²) in [4.78, 5) is 12.7. The zero-order valence-corrected chi connectivity index (χ0v) is 15.9. The molecule has 27 heavy (non-hydrogen) atoms. The molecule has 0 bridgehead atoms. The SMILES string of the molecule is CCCCCCC(NC(=O)c1cccc(C(F)(F)F)c1Cl)c1ccccc1. The van der Waals surface area contributed by atoms with E-state index in [1.165, 1.54) is 12.1 Å². The number of alkyl halides is 3. The van der Waals surface area contributed by atoms with E-state index in [1.807, 2.05) is 30.3 Å². The summed E-state index contributed by atoms with van der Waals surface area (Å²) < 4.78 is 39.1. The van der Waals surface area contributed by atoms with Gasteiger partial charge in [0.2, 0.25) is 0 Å². The standard InChI is InChI=1S/C21H23ClF3NO/c1-2-3-4-8-14-18(15-10-6-5-7-11-15)26-20(27)16-12-9-13-17(19(16)22)21(23,24)25/h5-7,9-13,18H,2-4,8,14H2,1H3,(H,26,27). The summed E-state index contributed by atoms with van der Waals surface area (Å²) in [5.41, 5.74) is -0.248. The quantitative estimate of drug-likeness (QED) is 0.487. The Labute approximate surface area is 162 Å². The van der Waals surface area contributed by atoms with Crippen LogP contribution in [0.3, 0.4) is 0 Å². The summed E-state index contributed by atoms with van der Waals surface area (Å²) in [7, 11) is 0. The number of hydrogen-bond donors (Lipinski definition) is 1. The van der Waals surface area contributed by atoms with Gasteiger partial charge in [-0.15, -0.1) is 0 Å². The third kappa shape index (κ3) is 5.99. The molecule has 0 aliphatic heterocycles. The van der Waals surface area contributed by atoms with Crippen LogP contribution in [0.2, 0.25) is 5.02 Å². The van der Waals surface area contributed by atoms with Crippen LogP contribution in [0.5, 0.6) is 0 Å². The largest absolute Gasteiger partial charge is 0.417 e. The van der Waals surface area contributed by atoms with Crippen molar-refractivity contribution in [2.45, 2.75) is 51.2 Å². The first-order valence-corrected chi connectivity index (χ1v) is 9.44. The molecule has 1 unspecified atom stereocenters. The maximum absolute atomic E-state index is 13.0. The summed E-state index contributed by atoms with van der Waals surface area (Å²) >= 11 is 5.88. The molecular weight excluding hydrogens is 375 g/mol. The lowest BCUT2D eigenvalue weighted by atomic mass is 9.99. The van der Waals surface area contributed by atoms with Crippen molar-refractivity contribution in [3.05, 3.63) is 70.2 Å². The minimum atomic E-state index is -4.60. The second-order valence-corrected chi connectivity index (χ2v) is 6.83. The Bertz CT molecular complexity index is 747. The monoisotopic (exact) mass is 397 g/mol. The van der Waals surface area contributed by atoms with Crippen molar-refractivity contribution >= 4 is 17.5 Å². The lowest BCUT2D eigenvalue weighted by Gasteiger charge is -2.20. The molecule has 2 aromatic carbocycles. The molecule has 0 saturated heterocycles. The first-order valence-electron chi connectivity index (χ1n) is 9.06. The molecule has 1 N–H and O–H groups in total. The first kappa shape index (κ1) is 21.3. The normalized spacial score (nSPS) is 12.6. The Hall–Kier alpha value is -2.01. The van der Waals surface area contributed by atoms with E-state index in [4.69, 9.17) is 11.6 Å². The molecule has 0 spiro atoms. The van der Waals surface area contributed by atoms with Crippen molar-refractivity contribution < 1.29 is 18.0 Å². The van der Waals surface area contributed by atoms with Crippen LogP contribution in [0.4, 0.5) is 13.2 Å². The third-order valence-corrected chi connectivity index (χ3v) is 4.81. The van der Waals surface area contributed by atoms with Gasteiger partial charge in [-0.2, -0.15) is 13.2 Å². The van der Waals surface area contributed by atoms with E-state index < -0.39 is 22.7 Å². The van der Waals surface area contributed by atoms with Gasteiger partial charge in [0, 0.05) is 0 Å². The second-order valence-electron chi connectivity index (χ2n) is 6.45. The molecule has 2 rings (SSSR count). The van der Waals surface area contributed by atoms with Crippen molar-refractivity contribution in [1.29, 1.82) is 0 Å². The predicted octanol–water partition coefficient (Wildman–Crippen LogP) is 6.80. The minimum absolute atomic E-state index is 0.166. The van der Waals surface area contributed by atoms with Gasteiger partial charge in [-0.25, -0.2) is 0 Å². The molecule has 0 fully saturated rings. The number of unbranched alkanes of at least 4 members (excludes halogenated alkanes) is 3. The molecule has 0 aliphatic carbocycles. The lowest BCUT2D eigenvalue weighted by molar-refractivity contribution is -0.137. The Balaban J connectivity index is 2.20. The summed E-state index contributed by atoms with van der Waals surface area (Å²) in [5, 5.41) is 2.29. The molecule has 0 saturated carbocycles. The summed E-state index contributed by atoms with van der Waals surface area (Å²) in [6, 6.07) is 12.5. The first-order chi connectivity index (χ1) is 12.8. The van der Waals surface area contributed by atoms with E-state index in [0.29, 0.717) is 6.42 Å². The third-order valence-electron chi connectivity index (χ3n) is 4.40. The molecule has 146 valence electrons. The molecule has 0 aliphatic rings. The zero-order valence-electron chi connectivity index (χ0n) is 15.2. The fourth-order valence-corrected chi connectivity index (χ4v) is 3.26. The van der Waals surface area contributed by atoms with Crippen molar-refractivity contribution in [1.82, 2.24) is 5.32 Å². The summed E-state index contributed by atoms with van der Waals surface area (Å²) in [6.07, 6.45) is 0.278. The van der Waals surface area contributed by atoms with E-state index in [0.717, 1.165) is 37.3 Å². The van der Waals surface area contributed by atoms with E-state index in [9.17, 15) is 18.0 Å². The number of carbonyl (C=O) groups is 1. The number of hydrogen-bond acceptors (Lipinski definition) is 1. The summed E-state index contributed by atoms with van der Waals surface area (Å²) in [6.45, 7) is 2.12. The Kier molecular flexibility index (Phi) is 7.72. The number of carbonyl (C=O) groups excluding carboxylic acids is 1. The van der Waals surface area contributed by atoms with E-state index in [1.54, 1.807) is 0 Å². The molecular formula is C21H23ClF3NO. The van der Waals surface area contributed by atoms with Crippen LogP contribution in [-0.4, -0.2) is 5.91 Å². The Morgan fingerprint density at radius 1 is 1.04 bits per heavy atom. The smallest absolute Gasteiger partial charge is 0.345 e. The van der Waals surface area contributed by atoms with E-state index in [2.05, 4.69) is 12.2 Å². The highest BCUT2D eigenvalue weighted by atomic mass is 35.5. The fourth-order valence-electron chi connectivity index (χ4n) is 2.95. The van der Waals surface area contributed by atoms with Gasteiger partial charge in [0.15, 0.2) is 0 Å². The van der Waals surface area contributed by atoms with E-state index >= 15 is 0 Å². The number of nitrogens with one attached hydrogen (secondary N) is 1. The van der Waals surface area contributed by atoms with Gasteiger partial charge in [0.1, 0.15) is 0 Å². The average Bonchev–Trinajstić information content (AvgIpc) is 2.64.